The topological polar surface area (TPSA) is 55.8 Å². The summed E-state index contributed by atoms with van der Waals surface area (Å²) in [4.78, 5) is 28.9. The Morgan fingerprint density at radius 3 is 2.57 bits per heavy atom. The number of hydrogen-bond donors (Lipinski definition) is 0. The molecule has 0 bridgehead atoms. The van der Waals surface area contributed by atoms with E-state index in [1.165, 1.54) is 34.6 Å². The molecule has 2 aliphatic carbocycles. The van der Waals surface area contributed by atoms with E-state index in [1.54, 1.807) is 7.11 Å². The molecule has 0 unspecified atom stereocenters. The highest BCUT2D eigenvalue weighted by Crippen LogP contribution is 2.31. The fourth-order valence-corrected chi connectivity index (χ4v) is 4.75. The predicted octanol–water partition coefficient (Wildman–Crippen LogP) is 3.98. The monoisotopic (exact) mass is 399 g/mol. The summed E-state index contributed by atoms with van der Waals surface area (Å²) in [7, 11) is 1.63. The third kappa shape index (κ3) is 4.38. The summed E-state index contributed by atoms with van der Waals surface area (Å²) in [6.45, 7) is 0.326. The Labute approximate surface area is 169 Å². The summed E-state index contributed by atoms with van der Waals surface area (Å²) < 4.78 is 10.5. The molecular weight excluding hydrogens is 374 g/mol. The Morgan fingerprint density at radius 2 is 1.89 bits per heavy atom. The molecule has 0 aliphatic heterocycles. The molecule has 5 nitrogen and oxygen atoms in total. The molecule has 0 radical (unpaired) electrons. The zero-order chi connectivity index (χ0) is 19.5. The normalized spacial score (nSPS) is 15.6. The first-order valence-corrected chi connectivity index (χ1v) is 10.7. The van der Waals surface area contributed by atoms with Crippen LogP contribution in [0.5, 0.6) is 5.75 Å². The van der Waals surface area contributed by atoms with Crippen molar-refractivity contribution in [2.24, 2.45) is 0 Å². The second-order valence-corrected chi connectivity index (χ2v) is 8.58. The van der Waals surface area contributed by atoms with E-state index in [0.29, 0.717) is 11.4 Å². The molecule has 0 atom stereocenters. The maximum absolute atomic E-state index is 12.7. The quantitative estimate of drug-likeness (QED) is 0.661. The van der Waals surface area contributed by atoms with Gasteiger partial charge in [0.05, 0.1) is 7.11 Å². The lowest BCUT2D eigenvalue weighted by Gasteiger charge is -2.22. The van der Waals surface area contributed by atoms with Gasteiger partial charge in [-0.1, -0.05) is 12.1 Å². The van der Waals surface area contributed by atoms with E-state index < -0.39 is 0 Å². The number of hydrogen-bond acceptors (Lipinski definition) is 5. The van der Waals surface area contributed by atoms with Crippen molar-refractivity contribution in [3.05, 3.63) is 51.2 Å². The lowest BCUT2D eigenvalue weighted by molar-refractivity contribution is -0.135. The van der Waals surface area contributed by atoms with Crippen LogP contribution in [0.1, 0.15) is 51.4 Å². The van der Waals surface area contributed by atoms with E-state index >= 15 is 0 Å². The summed E-state index contributed by atoms with van der Waals surface area (Å²) in [5.41, 5.74) is 2.31. The van der Waals surface area contributed by atoms with E-state index in [2.05, 4.69) is 0 Å². The predicted molar refractivity (Wildman–Crippen MR) is 108 cm³/mol. The molecule has 1 saturated carbocycles. The minimum Gasteiger partial charge on any atom is -0.497 e. The van der Waals surface area contributed by atoms with Crippen LogP contribution in [0.15, 0.2) is 30.3 Å². The Morgan fingerprint density at radius 1 is 1.14 bits per heavy atom. The number of rotatable bonds is 7. The van der Waals surface area contributed by atoms with Gasteiger partial charge in [-0.15, -0.1) is 11.3 Å². The van der Waals surface area contributed by atoms with E-state index in [1.807, 2.05) is 35.2 Å². The van der Waals surface area contributed by atoms with Crippen LogP contribution in [0.4, 0.5) is 0 Å². The largest absolute Gasteiger partial charge is 0.497 e. The van der Waals surface area contributed by atoms with Crippen LogP contribution in [0, 0.1) is 0 Å². The van der Waals surface area contributed by atoms with Crippen molar-refractivity contribution in [3.63, 3.8) is 0 Å². The van der Waals surface area contributed by atoms with Crippen LogP contribution < -0.4 is 4.74 Å². The van der Waals surface area contributed by atoms with Crippen molar-refractivity contribution in [1.82, 2.24) is 4.90 Å². The van der Waals surface area contributed by atoms with Crippen molar-refractivity contribution >= 4 is 23.2 Å². The number of thiophene rings is 1. The number of amides is 1. The minimum absolute atomic E-state index is 0.131. The summed E-state index contributed by atoms with van der Waals surface area (Å²) in [5, 5.41) is 0. The minimum atomic E-state index is -0.382. The Bertz CT molecular complexity index is 830. The number of methoxy groups -OCH3 is 1. The van der Waals surface area contributed by atoms with E-state index in [-0.39, 0.29) is 24.5 Å². The number of esters is 1. The van der Waals surface area contributed by atoms with Crippen molar-refractivity contribution in [2.75, 3.05) is 13.7 Å². The van der Waals surface area contributed by atoms with Crippen LogP contribution in [-0.2, 0) is 28.9 Å². The van der Waals surface area contributed by atoms with Crippen LogP contribution in [0.2, 0.25) is 0 Å². The molecule has 0 spiro atoms. The van der Waals surface area contributed by atoms with E-state index in [4.69, 9.17) is 9.47 Å². The van der Waals surface area contributed by atoms with Gasteiger partial charge < -0.3 is 14.4 Å². The molecule has 0 N–H and O–H groups in total. The molecular formula is C22H25NO4S. The Balaban J connectivity index is 1.35. The average Bonchev–Trinajstić information content (AvgIpc) is 3.47. The average molecular weight is 400 g/mol. The van der Waals surface area contributed by atoms with Gasteiger partial charge in [0, 0.05) is 17.5 Å². The summed E-state index contributed by atoms with van der Waals surface area (Å²) in [6.07, 6.45) is 6.46. The van der Waals surface area contributed by atoms with Crippen LogP contribution in [-0.4, -0.2) is 36.5 Å². The molecule has 1 aromatic carbocycles. The summed E-state index contributed by atoms with van der Waals surface area (Å²) >= 11 is 1.52. The highest BCUT2D eigenvalue weighted by Gasteiger charge is 2.33. The number of carbonyl (C=O) groups is 2. The molecule has 1 aromatic heterocycles. The number of fused-ring (bicyclic) bond motifs is 1. The van der Waals surface area contributed by atoms with Gasteiger partial charge in [0.2, 0.25) is 0 Å². The first-order chi connectivity index (χ1) is 13.6. The molecule has 4 rings (SSSR count). The molecule has 148 valence electrons. The van der Waals surface area contributed by atoms with Gasteiger partial charge in [0.15, 0.2) is 6.61 Å². The molecule has 0 saturated heterocycles. The molecule has 1 amide bonds. The second-order valence-electron chi connectivity index (χ2n) is 7.44. The number of nitrogens with zero attached hydrogens (tertiary/aromatic N) is 1. The maximum Gasteiger partial charge on any atom is 0.348 e. The first-order valence-electron chi connectivity index (χ1n) is 9.85. The highest BCUT2D eigenvalue weighted by molar-refractivity contribution is 7.14. The molecule has 2 aromatic rings. The summed E-state index contributed by atoms with van der Waals surface area (Å²) in [6, 6.07) is 9.91. The highest BCUT2D eigenvalue weighted by atomic mass is 32.1. The fourth-order valence-electron chi connectivity index (χ4n) is 3.61. The van der Waals surface area contributed by atoms with Gasteiger partial charge in [-0.2, -0.15) is 0 Å². The first kappa shape index (κ1) is 19.0. The third-order valence-electron chi connectivity index (χ3n) is 5.34. The van der Waals surface area contributed by atoms with Gasteiger partial charge >= 0.3 is 5.97 Å². The van der Waals surface area contributed by atoms with Crippen molar-refractivity contribution in [2.45, 2.75) is 51.1 Å². The number of carbonyl (C=O) groups excluding carboxylic acids is 2. The fraction of sp³-hybridized carbons (Fsp3) is 0.455. The molecule has 6 heteroatoms. The van der Waals surface area contributed by atoms with Gasteiger partial charge in [-0.25, -0.2) is 4.79 Å². The molecule has 1 fully saturated rings. The van der Waals surface area contributed by atoms with Gasteiger partial charge in [0.1, 0.15) is 10.6 Å². The van der Waals surface area contributed by atoms with Gasteiger partial charge in [-0.05, 0) is 67.9 Å². The zero-order valence-electron chi connectivity index (χ0n) is 16.1. The van der Waals surface area contributed by atoms with Crippen LogP contribution >= 0.6 is 11.3 Å². The van der Waals surface area contributed by atoms with Gasteiger partial charge in [-0.3, -0.25) is 4.79 Å². The van der Waals surface area contributed by atoms with Crippen molar-refractivity contribution in [3.8, 4) is 5.75 Å². The standard InChI is InChI=1S/C22H25NO4S/c1-26-18-10-6-15(7-11-18)13-23(17-8-9-17)21(24)14-27-22(25)20-12-16-4-2-3-5-19(16)28-20/h6-7,10-12,17H,2-5,8-9,13-14H2,1H3. The van der Waals surface area contributed by atoms with Crippen molar-refractivity contribution in [1.29, 1.82) is 0 Å². The zero-order valence-corrected chi connectivity index (χ0v) is 16.9. The number of benzene rings is 1. The van der Waals surface area contributed by atoms with E-state index in [0.717, 1.165) is 37.0 Å². The second kappa shape index (κ2) is 8.35. The number of aryl methyl sites for hydroxylation is 2. The maximum atomic E-state index is 12.7. The van der Waals surface area contributed by atoms with Gasteiger partial charge in [0.25, 0.3) is 5.91 Å². The van der Waals surface area contributed by atoms with Crippen molar-refractivity contribution < 1.29 is 19.1 Å². The lowest BCUT2D eigenvalue weighted by atomic mass is 9.99. The molecule has 2 aliphatic rings. The van der Waals surface area contributed by atoms with Crippen LogP contribution in [0.25, 0.3) is 0 Å². The third-order valence-corrected chi connectivity index (χ3v) is 6.56. The molecule has 1 heterocycles. The Kier molecular flexibility index (Phi) is 5.67. The Hall–Kier alpha value is -2.34. The number of ether oxygens (including phenoxy) is 2. The SMILES string of the molecule is COc1ccc(CN(C(=O)COC(=O)c2cc3c(s2)CCCC3)C2CC2)cc1. The molecule has 28 heavy (non-hydrogen) atoms. The van der Waals surface area contributed by atoms with E-state index in [9.17, 15) is 9.59 Å². The smallest absolute Gasteiger partial charge is 0.348 e. The lowest BCUT2D eigenvalue weighted by Crippen LogP contribution is -2.36. The van der Waals surface area contributed by atoms with Crippen LogP contribution in [0.3, 0.4) is 0 Å². The summed E-state index contributed by atoms with van der Waals surface area (Å²) in [5.74, 6) is 0.279.